The Morgan fingerprint density at radius 3 is 2.14 bits per heavy atom. The molecule has 1 rings (SSSR count). The number of aliphatic hydroxyl groups excluding tert-OH is 1. The van der Waals surface area contributed by atoms with Crippen LogP contribution in [0.3, 0.4) is 0 Å². The topological polar surface area (TPSA) is 70.1 Å². The lowest BCUT2D eigenvalue weighted by atomic mass is 9.95. The van der Waals surface area contributed by atoms with Crippen molar-refractivity contribution in [1.82, 2.24) is 9.97 Å². The highest BCUT2D eigenvalue weighted by Gasteiger charge is 2.20. The zero-order valence-electron chi connectivity index (χ0n) is 14.1. The zero-order chi connectivity index (χ0) is 15.9. The van der Waals surface area contributed by atoms with Crippen LogP contribution in [0, 0.1) is 6.92 Å². The maximum atomic E-state index is 8.80. The van der Waals surface area contributed by atoms with Gasteiger partial charge in [0.05, 0.1) is 0 Å². The number of hydrogen-bond donors (Lipinski definition) is 3. The van der Waals surface area contributed by atoms with Gasteiger partial charge in [0.25, 0.3) is 0 Å². The van der Waals surface area contributed by atoms with E-state index in [1.54, 1.807) is 0 Å². The fourth-order valence-electron chi connectivity index (χ4n) is 1.98. The summed E-state index contributed by atoms with van der Waals surface area (Å²) >= 11 is 0. The number of aromatic nitrogens is 2. The third-order valence-electron chi connectivity index (χ3n) is 3.29. The summed E-state index contributed by atoms with van der Waals surface area (Å²) in [5, 5.41) is 15.5. The Balaban J connectivity index is 2.87. The summed E-state index contributed by atoms with van der Waals surface area (Å²) in [4.78, 5) is 9.35. The third kappa shape index (κ3) is 5.50. The van der Waals surface area contributed by atoms with Gasteiger partial charge in [0.1, 0.15) is 17.5 Å². The molecule has 5 nitrogen and oxygen atoms in total. The largest absolute Gasteiger partial charge is 0.396 e. The smallest absolute Gasteiger partial charge is 0.138 e. The summed E-state index contributed by atoms with van der Waals surface area (Å²) < 4.78 is 0. The maximum absolute atomic E-state index is 8.80. The van der Waals surface area contributed by atoms with Crippen molar-refractivity contribution in [3.63, 3.8) is 0 Å². The first-order valence-corrected chi connectivity index (χ1v) is 7.87. The average molecular weight is 294 g/mol. The van der Waals surface area contributed by atoms with E-state index < -0.39 is 0 Å². The average Bonchev–Trinajstić information content (AvgIpc) is 2.41. The van der Waals surface area contributed by atoms with Gasteiger partial charge in [-0.25, -0.2) is 9.97 Å². The molecule has 0 aliphatic rings. The predicted octanol–water partition coefficient (Wildman–Crippen LogP) is 3.09. The van der Waals surface area contributed by atoms with Gasteiger partial charge in [-0.2, -0.15) is 0 Å². The molecule has 0 fully saturated rings. The number of nitrogens with zero attached hydrogens (tertiary/aromatic N) is 2. The Morgan fingerprint density at radius 2 is 1.62 bits per heavy atom. The van der Waals surface area contributed by atoms with Crippen LogP contribution < -0.4 is 10.6 Å². The van der Waals surface area contributed by atoms with E-state index in [1.807, 2.05) is 6.92 Å². The van der Waals surface area contributed by atoms with Crippen LogP contribution in [0.4, 0.5) is 11.6 Å². The lowest BCUT2D eigenvalue weighted by Gasteiger charge is -2.21. The van der Waals surface area contributed by atoms with Crippen LogP contribution in [-0.4, -0.2) is 34.8 Å². The summed E-state index contributed by atoms with van der Waals surface area (Å²) in [6.45, 7) is 12.5. The van der Waals surface area contributed by atoms with Gasteiger partial charge in [-0.1, -0.05) is 20.8 Å². The molecule has 1 heterocycles. The second kappa shape index (κ2) is 8.17. The molecule has 120 valence electrons. The molecule has 5 heteroatoms. The van der Waals surface area contributed by atoms with Gasteiger partial charge in [-0.05, 0) is 33.1 Å². The van der Waals surface area contributed by atoms with Crippen LogP contribution in [0.15, 0.2) is 0 Å². The molecule has 0 aliphatic heterocycles. The Kier molecular flexibility index (Phi) is 6.89. The highest BCUT2D eigenvalue weighted by Crippen LogP contribution is 2.26. The zero-order valence-corrected chi connectivity index (χ0v) is 14.1. The molecule has 0 amide bonds. The summed E-state index contributed by atoms with van der Waals surface area (Å²) in [5.74, 6) is 2.67. The van der Waals surface area contributed by atoms with E-state index in [2.05, 4.69) is 43.3 Å². The lowest BCUT2D eigenvalue weighted by molar-refractivity contribution is 0.283. The highest BCUT2D eigenvalue weighted by molar-refractivity contribution is 5.57. The molecule has 0 atom stereocenters. The molecule has 0 aliphatic carbocycles. The minimum Gasteiger partial charge on any atom is -0.396 e. The van der Waals surface area contributed by atoms with E-state index in [-0.39, 0.29) is 12.0 Å². The van der Waals surface area contributed by atoms with Crippen LogP contribution in [0.2, 0.25) is 0 Å². The van der Waals surface area contributed by atoms with Gasteiger partial charge < -0.3 is 15.7 Å². The fraction of sp³-hybridized carbons (Fsp3) is 0.750. The molecule has 3 N–H and O–H groups in total. The van der Waals surface area contributed by atoms with E-state index >= 15 is 0 Å². The van der Waals surface area contributed by atoms with E-state index in [1.165, 1.54) is 0 Å². The number of rotatable bonds is 8. The van der Waals surface area contributed by atoms with Crippen molar-refractivity contribution in [2.75, 3.05) is 30.3 Å². The van der Waals surface area contributed by atoms with Gasteiger partial charge in [-0.15, -0.1) is 0 Å². The molecule has 0 unspecified atom stereocenters. The quantitative estimate of drug-likeness (QED) is 0.643. The molecule has 0 bridgehead atoms. The number of anilines is 2. The Morgan fingerprint density at radius 1 is 1.00 bits per heavy atom. The Bertz CT molecular complexity index is 441. The van der Waals surface area contributed by atoms with Crippen LogP contribution in [-0.2, 0) is 5.41 Å². The number of aliphatic hydroxyl groups is 1. The molecule has 0 spiro atoms. The third-order valence-corrected chi connectivity index (χ3v) is 3.29. The van der Waals surface area contributed by atoms with Gasteiger partial charge in [0.2, 0.25) is 0 Å². The van der Waals surface area contributed by atoms with Crippen LogP contribution in [0.5, 0.6) is 0 Å². The maximum Gasteiger partial charge on any atom is 0.138 e. The molecular formula is C16H30N4O. The van der Waals surface area contributed by atoms with Gasteiger partial charge >= 0.3 is 0 Å². The molecule has 0 radical (unpaired) electrons. The fourth-order valence-corrected chi connectivity index (χ4v) is 1.98. The second-order valence-corrected chi connectivity index (χ2v) is 6.36. The SMILES string of the molecule is CCNc1nc(C(C)(C)C)nc(NCCCCCO)c1C. The molecule has 1 aromatic heterocycles. The van der Waals surface area contributed by atoms with Crippen molar-refractivity contribution in [3.8, 4) is 0 Å². The van der Waals surface area contributed by atoms with Crippen molar-refractivity contribution in [2.45, 2.75) is 59.3 Å². The first-order chi connectivity index (χ1) is 9.90. The van der Waals surface area contributed by atoms with E-state index in [4.69, 9.17) is 10.1 Å². The van der Waals surface area contributed by atoms with Crippen LogP contribution in [0.1, 0.15) is 58.3 Å². The van der Waals surface area contributed by atoms with Crippen molar-refractivity contribution in [2.24, 2.45) is 0 Å². The van der Waals surface area contributed by atoms with Crippen LogP contribution in [0.25, 0.3) is 0 Å². The molecule has 0 saturated carbocycles. The van der Waals surface area contributed by atoms with E-state index in [0.717, 1.165) is 55.4 Å². The van der Waals surface area contributed by atoms with E-state index in [9.17, 15) is 0 Å². The minimum absolute atomic E-state index is 0.0782. The van der Waals surface area contributed by atoms with Crippen molar-refractivity contribution in [1.29, 1.82) is 0 Å². The normalized spacial score (nSPS) is 11.5. The monoisotopic (exact) mass is 294 g/mol. The second-order valence-electron chi connectivity index (χ2n) is 6.36. The van der Waals surface area contributed by atoms with E-state index in [0.29, 0.717) is 0 Å². The first kappa shape index (κ1) is 17.7. The van der Waals surface area contributed by atoms with Crippen molar-refractivity contribution < 1.29 is 5.11 Å². The number of nitrogens with one attached hydrogen (secondary N) is 2. The Labute approximate surface area is 128 Å². The van der Waals surface area contributed by atoms with Gasteiger partial charge in [0.15, 0.2) is 0 Å². The van der Waals surface area contributed by atoms with Gasteiger partial charge in [-0.3, -0.25) is 0 Å². The molecule has 1 aromatic rings. The summed E-state index contributed by atoms with van der Waals surface area (Å²) in [5.41, 5.74) is 0.984. The minimum atomic E-state index is -0.0782. The lowest BCUT2D eigenvalue weighted by Crippen LogP contribution is -2.20. The molecule has 0 saturated heterocycles. The van der Waals surface area contributed by atoms with Gasteiger partial charge in [0, 0.05) is 30.7 Å². The summed E-state index contributed by atoms with van der Waals surface area (Å²) in [6.07, 6.45) is 2.92. The first-order valence-electron chi connectivity index (χ1n) is 7.87. The standard InChI is InChI=1S/C16H30N4O/c1-6-17-13-12(2)14(18-10-8-7-9-11-21)20-15(19-13)16(3,4)5/h21H,6-11H2,1-5H3,(H2,17,18,19,20). The molecular weight excluding hydrogens is 264 g/mol. The summed E-state index contributed by atoms with van der Waals surface area (Å²) in [6, 6.07) is 0. The van der Waals surface area contributed by atoms with Crippen LogP contribution >= 0.6 is 0 Å². The highest BCUT2D eigenvalue weighted by atomic mass is 16.2. The molecule has 0 aromatic carbocycles. The predicted molar refractivity (Wildman–Crippen MR) is 89.1 cm³/mol. The number of hydrogen-bond acceptors (Lipinski definition) is 5. The Hall–Kier alpha value is -1.36. The van der Waals surface area contributed by atoms with Crippen molar-refractivity contribution in [3.05, 3.63) is 11.4 Å². The number of unbranched alkanes of at least 4 members (excludes halogenated alkanes) is 2. The molecule has 21 heavy (non-hydrogen) atoms. The van der Waals surface area contributed by atoms with Crippen molar-refractivity contribution >= 4 is 11.6 Å². The summed E-state index contributed by atoms with van der Waals surface area (Å²) in [7, 11) is 0.